The van der Waals surface area contributed by atoms with Gasteiger partial charge < -0.3 is 10.1 Å². The van der Waals surface area contributed by atoms with E-state index in [0.29, 0.717) is 24.5 Å². The topological polar surface area (TPSA) is 75.7 Å². The number of carbonyl (C=O) groups excluding carboxylic acids is 1. The first-order valence-corrected chi connectivity index (χ1v) is 10.5. The molecule has 144 valence electrons. The van der Waals surface area contributed by atoms with Crippen LogP contribution in [-0.2, 0) is 16.4 Å². The van der Waals surface area contributed by atoms with Crippen LogP contribution in [0.2, 0.25) is 0 Å². The van der Waals surface area contributed by atoms with Crippen molar-refractivity contribution in [1.29, 1.82) is 0 Å². The van der Waals surface area contributed by atoms with Crippen molar-refractivity contribution in [3.63, 3.8) is 0 Å². The maximum atomic E-state index is 12.9. The van der Waals surface area contributed by atoms with Crippen molar-refractivity contribution in [2.75, 3.05) is 25.5 Å². The normalized spacial score (nSPS) is 14.9. The van der Waals surface area contributed by atoms with Crippen LogP contribution in [0.1, 0.15) is 35.7 Å². The SMILES string of the molecule is CCc1ccccc1NC(=O)c1cc(S(=O)(=O)N2CCCC2)ccc1OC. The van der Waals surface area contributed by atoms with Gasteiger partial charge in [0, 0.05) is 18.8 Å². The van der Waals surface area contributed by atoms with Crippen molar-refractivity contribution >= 4 is 21.6 Å². The Labute approximate surface area is 160 Å². The number of benzene rings is 2. The second-order valence-corrected chi connectivity index (χ2v) is 8.38. The van der Waals surface area contributed by atoms with Gasteiger partial charge in [-0.2, -0.15) is 4.31 Å². The highest BCUT2D eigenvalue weighted by Gasteiger charge is 2.28. The number of aryl methyl sites for hydroxylation is 1. The molecule has 0 spiro atoms. The Morgan fingerprint density at radius 2 is 1.85 bits per heavy atom. The predicted molar refractivity (Wildman–Crippen MR) is 105 cm³/mol. The molecule has 1 N–H and O–H groups in total. The molecule has 1 fully saturated rings. The molecule has 0 saturated carbocycles. The van der Waals surface area contributed by atoms with Gasteiger partial charge in [0.05, 0.1) is 17.6 Å². The third kappa shape index (κ3) is 3.99. The molecule has 1 aliphatic heterocycles. The summed E-state index contributed by atoms with van der Waals surface area (Å²) in [5, 5.41) is 2.87. The van der Waals surface area contributed by atoms with Crippen LogP contribution in [0.5, 0.6) is 5.75 Å². The van der Waals surface area contributed by atoms with E-state index in [1.807, 2.05) is 31.2 Å². The van der Waals surface area contributed by atoms with Crippen molar-refractivity contribution in [3.05, 3.63) is 53.6 Å². The van der Waals surface area contributed by atoms with E-state index in [1.54, 1.807) is 0 Å². The van der Waals surface area contributed by atoms with Gasteiger partial charge >= 0.3 is 0 Å². The van der Waals surface area contributed by atoms with Crippen molar-refractivity contribution in [2.45, 2.75) is 31.1 Å². The predicted octanol–water partition coefficient (Wildman–Crippen LogP) is 3.29. The number of anilines is 1. The van der Waals surface area contributed by atoms with Crippen LogP contribution in [-0.4, -0.2) is 38.8 Å². The van der Waals surface area contributed by atoms with Crippen molar-refractivity contribution in [3.8, 4) is 5.75 Å². The summed E-state index contributed by atoms with van der Waals surface area (Å²) in [6.45, 7) is 3.04. The number of nitrogens with zero attached hydrogens (tertiary/aromatic N) is 1. The summed E-state index contributed by atoms with van der Waals surface area (Å²) in [7, 11) is -2.15. The van der Waals surface area contributed by atoms with E-state index in [2.05, 4.69) is 5.32 Å². The fraction of sp³-hybridized carbons (Fsp3) is 0.350. The number of carbonyl (C=O) groups is 1. The van der Waals surface area contributed by atoms with Crippen molar-refractivity contribution < 1.29 is 17.9 Å². The van der Waals surface area contributed by atoms with Gasteiger partial charge in [-0.15, -0.1) is 0 Å². The van der Waals surface area contributed by atoms with Gasteiger partial charge in [0.1, 0.15) is 5.75 Å². The lowest BCUT2D eigenvalue weighted by Crippen LogP contribution is -2.28. The van der Waals surface area contributed by atoms with Gasteiger partial charge in [-0.25, -0.2) is 8.42 Å². The molecule has 7 heteroatoms. The maximum absolute atomic E-state index is 12.9. The summed E-state index contributed by atoms with van der Waals surface area (Å²) in [5.74, 6) is -0.0620. The first kappa shape index (κ1) is 19.4. The summed E-state index contributed by atoms with van der Waals surface area (Å²) in [5.41, 5.74) is 1.91. The molecular weight excluding hydrogens is 364 g/mol. The Kier molecular flexibility index (Phi) is 5.82. The second-order valence-electron chi connectivity index (χ2n) is 6.44. The Balaban J connectivity index is 1.95. The highest BCUT2D eigenvalue weighted by atomic mass is 32.2. The molecule has 2 aromatic carbocycles. The van der Waals surface area contributed by atoms with Crippen LogP contribution in [0.15, 0.2) is 47.4 Å². The molecule has 2 aromatic rings. The van der Waals surface area contributed by atoms with Gasteiger partial charge in [0.2, 0.25) is 10.0 Å². The summed E-state index contributed by atoms with van der Waals surface area (Å²) in [4.78, 5) is 13.0. The third-order valence-corrected chi connectivity index (χ3v) is 6.66. The Bertz CT molecular complexity index is 935. The third-order valence-electron chi connectivity index (χ3n) is 4.76. The Morgan fingerprint density at radius 1 is 1.15 bits per heavy atom. The van der Waals surface area contributed by atoms with E-state index in [4.69, 9.17) is 4.74 Å². The van der Waals surface area contributed by atoms with E-state index in [1.165, 1.54) is 29.6 Å². The Morgan fingerprint density at radius 3 is 2.52 bits per heavy atom. The average Bonchev–Trinajstić information content (AvgIpc) is 3.23. The number of methoxy groups -OCH3 is 1. The standard InChI is InChI=1S/C20H24N2O4S/c1-3-15-8-4-5-9-18(15)21-20(23)17-14-16(10-11-19(17)26-2)27(24,25)22-12-6-7-13-22/h4-5,8-11,14H,3,6-7,12-13H2,1-2H3,(H,21,23). The van der Waals surface area contributed by atoms with Gasteiger partial charge in [0.15, 0.2) is 0 Å². The largest absolute Gasteiger partial charge is 0.496 e. The smallest absolute Gasteiger partial charge is 0.259 e. The Hall–Kier alpha value is -2.38. The fourth-order valence-electron chi connectivity index (χ4n) is 3.24. The zero-order valence-electron chi connectivity index (χ0n) is 15.6. The zero-order valence-corrected chi connectivity index (χ0v) is 16.4. The zero-order chi connectivity index (χ0) is 19.4. The molecule has 0 radical (unpaired) electrons. The number of para-hydroxylation sites is 1. The van der Waals surface area contributed by atoms with Crippen LogP contribution >= 0.6 is 0 Å². The van der Waals surface area contributed by atoms with Gasteiger partial charge in [0.25, 0.3) is 5.91 Å². The fourth-order valence-corrected chi connectivity index (χ4v) is 4.79. The van der Waals surface area contributed by atoms with Gasteiger partial charge in [-0.3, -0.25) is 4.79 Å². The number of amides is 1. The van der Waals surface area contributed by atoms with Crippen molar-refractivity contribution in [2.24, 2.45) is 0 Å². The number of hydrogen-bond donors (Lipinski definition) is 1. The highest BCUT2D eigenvalue weighted by Crippen LogP contribution is 2.27. The lowest BCUT2D eigenvalue weighted by atomic mass is 10.1. The molecule has 1 heterocycles. The number of hydrogen-bond acceptors (Lipinski definition) is 4. The molecule has 0 aliphatic carbocycles. The van der Waals surface area contributed by atoms with E-state index < -0.39 is 15.9 Å². The summed E-state index contributed by atoms with van der Waals surface area (Å²) < 4.78 is 32.4. The quantitative estimate of drug-likeness (QED) is 0.824. The molecule has 1 aliphatic rings. The number of rotatable bonds is 6. The molecule has 0 unspecified atom stereocenters. The van der Waals surface area contributed by atoms with E-state index in [9.17, 15) is 13.2 Å². The van der Waals surface area contributed by atoms with Crippen LogP contribution in [0.3, 0.4) is 0 Å². The first-order valence-electron chi connectivity index (χ1n) is 9.05. The molecular formula is C20H24N2O4S. The van der Waals surface area contributed by atoms with Crippen LogP contribution in [0, 0.1) is 0 Å². The molecule has 0 aromatic heterocycles. The van der Waals surface area contributed by atoms with Crippen LogP contribution in [0.4, 0.5) is 5.69 Å². The molecule has 6 nitrogen and oxygen atoms in total. The van der Waals surface area contributed by atoms with Crippen LogP contribution in [0.25, 0.3) is 0 Å². The number of nitrogens with one attached hydrogen (secondary N) is 1. The molecule has 0 bridgehead atoms. The van der Waals surface area contributed by atoms with E-state index >= 15 is 0 Å². The monoisotopic (exact) mass is 388 g/mol. The second kappa shape index (κ2) is 8.10. The van der Waals surface area contributed by atoms with E-state index in [0.717, 1.165) is 24.8 Å². The van der Waals surface area contributed by atoms with Gasteiger partial charge in [-0.1, -0.05) is 25.1 Å². The maximum Gasteiger partial charge on any atom is 0.259 e. The molecule has 3 rings (SSSR count). The molecule has 27 heavy (non-hydrogen) atoms. The first-order chi connectivity index (χ1) is 13.0. The number of sulfonamides is 1. The minimum Gasteiger partial charge on any atom is -0.496 e. The minimum atomic E-state index is -3.61. The van der Waals surface area contributed by atoms with Crippen LogP contribution < -0.4 is 10.1 Å². The highest BCUT2D eigenvalue weighted by molar-refractivity contribution is 7.89. The lowest BCUT2D eigenvalue weighted by molar-refractivity contribution is 0.102. The van der Waals surface area contributed by atoms with Gasteiger partial charge in [-0.05, 0) is 49.1 Å². The van der Waals surface area contributed by atoms with E-state index in [-0.39, 0.29) is 10.5 Å². The molecule has 0 atom stereocenters. The average molecular weight is 388 g/mol. The molecule has 1 amide bonds. The number of ether oxygens (including phenoxy) is 1. The van der Waals surface area contributed by atoms with Crippen molar-refractivity contribution in [1.82, 2.24) is 4.31 Å². The lowest BCUT2D eigenvalue weighted by Gasteiger charge is -2.17. The summed E-state index contributed by atoms with van der Waals surface area (Å²) in [6, 6.07) is 12.0. The summed E-state index contributed by atoms with van der Waals surface area (Å²) in [6.07, 6.45) is 2.49. The molecule has 1 saturated heterocycles. The summed E-state index contributed by atoms with van der Waals surface area (Å²) >= 11 is 0. The minimum absolute atomic E-state index is 0.110.